The van der Waals surface area contributed by atoms with Crippen molar-refractivity contribution in [3.05, 3.63) is 60.2 Å². The summed E-state index contributed by atoms with van der Waals surface area (Å²) >= 11 is 0. The number of benzene rings is 2. The lowest BCUT2D eigenvalue weighted by atomic mass is 10.1. The van der Waals surface area contributed by atoms with Crippen molar-refractivity contribution in [1.29, 1.82) is 0 Å². The summed E-state index contributed by atoms with van der Waals surface area (Å²) in [4.78, 5) is -0.0666. The number of phenolic OH excluding ortho intramolecular Hbond substituents is 1. The van der Waals surface area contributed by atoms with Crippen LogP contribution >= 0.6 is 0 Å². The number of aryl methyl sites for hydroxylation is 1. The molecular weight excluding hydrogens is 344 g/mol. The van der Waals surface area contributed by atoms with Crippen LogP contribution in [0.1, 0.15) is 11.1 Å². The molecule has 0 aliphatic rings. The van der Waals surface area contributed by atoms with E-state index in [9.17, 15) is 13.5 Å². The largest absolute Gasteiger partial charge is 0.507 e. The van der Waals surface area contributed by atoms with Gasteiger partial charge in [-0.1, -0.05) is 23.8 Å². The van der Waals surface area contributed by atoms with Crippen molar-refractivity contribution in [3.63, 3.8) is 0 Å². The molecule has 0 aliphatic heterocycles. The summed E-state index contributed by atoms with van der Waals surface area (Å²) in [5.41, 5.74) is 1.68. The quantitative estimate of drug-likeness (QED) is 0.622. The Labute approximate surface area is 148 Å². The molecule has 25 heavy (non-hydrogen) atoms. The van der Waals surface area contributed by atoms with E-state index in [0.717, 1.165) is 11.1 Å². The second-order valence-corrected chi connectivity index (χ2v) is 6.53. The van der Waals surface area contributed by atoms with Crippen LogP contribution in [0, 0.1) is 6.92 Å². The molecule has 2 N–H and O–H groups in total. The molecule has 0 atom stereocenters. The van der Waals surface area contributed by atoms with Gasteiger partial charge in [-0.15, -0.1) is 6.58 Å². The van der Waals surface area contributed by atoms with Gasteiger partial charge in [0.2, 0.25) is 0 Å². The van der Waals surface area contributed by atoms with Crippen LogP contribution in [0.3, 0.4) is 0 Å². The Morgan fingerprint density at radius 3 is 2.16 bits per heavy atom. The smallest absolute Gasteiger partial charge is 0.294 e. The van der Waals surface area contributed by atoms with Crippen molar-refractivity contribution in [2.24, 2.45) is 0 Å². The molecule has 2 rings (SSSR count). The van der Waals surface area contributed by atoms with Crippen LogP contribution in [0.2, 0.25) is 0 Å². The number of hydrogen-bond acceptors (Lipinski definition) is 5. The lowest BCUT2D eigenvalue weighted by Crippen LogP contribution is -1.96. The average molecular weight is 366 g/mol. The third kappa shape index (κ3) is 6.13. The van der Waals surface area contributed by atoms with Crippen molar-refractivity contribution in [1.82, 2.24) is 0 Å². The number of allylic oxidation sites excluding steroid dienone is 1. The highest BCUT2D eigenvalue weighted by atomic mass is 32.2. The number of phenols is 1. The first-order valence-electron chi connectivity index (χ1n) is 7.31. The first-order valence-corrected chi connectivity index (χ1v) is 8.75. The number of methoxy groups -OCH3 is 2. The summed E-state index contributed by atoms with van der Waals surface area (Å²) in [6, 6.07) is 9.28. The SMILES string of the molecule is C=CCc1c(O)cc(OC)cc1OC.Cc1ccc(S(=O)(=O)O)cc1. The highest BCUT2D eigenvalue weighted by Crippen LogP contribution is 2.33. The van der Waals surface area contributed by atoms with E-state index < -0.39 is 10.1 Å². The van der Waals surface area contributed by atoms with Gasteiger partial charge in [-0.25, -0.2) is 0 Å². The number of rotatable bonds is 5. The van der Waals surface area contributed by atoms with Gasteiger partial charge < -0.3 is 14.6 Å². The minimum Gasteiger partial charge on any atom is -0.507 e. The zero-order valence-corrected chi connectivity index (χ0v) is 15.2. The third-order valence-electron chi connectivity index (χ3n) is 3.28. The molecule has 2 aromatic rings. The van der Waals surface area contributed by atoms with E-state index in [1.165, 1.54) is 12.1 Å². The molecule has 0 bridgehead atoms. The van der Waals surface area contributed by atoms with Crippen molar-refractivity contribution in [3.8, 4) is 17.2 Å². The molecule has 0 aromatic heterocycles. The first-order chi connectivity index (χ1) is 11.7. The zero-order valence-electron chi connectivity index (χ0n) is 14.4. The molecule has 0 heterocycles. The van der Waals surface area contributed by atoms with Gasteiger partial charge in [-0.2, -0.15) is 8.42 Å². The monoisotopic (exact) mass is 366 g/mol. The number of ether oxygens (including phenoxy) is 2. The highest BCUT2D eigenvalue weighted by molar-refractivity contribution is 7.85. The summed E-state index contributed by atoms with van der Waals surface area (Å²) in [5, 5.41) is 9.66. The van der Waals surface area contributed by atoms with Crippen LogP contribution in [0.4, 0.5) is 0 Å². The number of aromatic hydroxyl groups is 1. The van der Waals surface area contributed by atoms with Crippen LogP contribution in [-0.2, 0) is 16.5 Å². The molecule has 136 valence electrons. The Morgan fingerprint density at radius 2 is 1.72 bits per heavy atom. The van der Waals surface area contributed by atoms with Crippen LogP contribution in [0.25, 0.3) is 0 Å². The molecule has 7 heteroatoms. The molecule has 2 aromatic carbocycles. The first kappa shape index (κ1) is 20.5. The fourth-order valence-electron chi connectivity index (χ4n) is 1.97. The minimum atomic E-state index is -4.02. The third-order valence-corrected chi connectivity index (χ3v) is 4.15. The van der Waals surface area contributed by atoms with Crippen LogP contribution < -0.4 is 9.47 Å². The molecule has 6 nitrogen and oxygen atoms in total. The predicted molar refractivity (Wildman–Crippen MR) is 96.1 cm³/mol. The lowest BCUT2D eigenvalue weighted by molar-refractivity contribution is 0.380. The fraction of sp³-hybridized carbons (Fsp3) is 0.222. The van der Waals surface area contributed by atoms with Crippen molar-refractivity contribution < 1.29 is 27.6 Å². The summed E-state index contributed by atoms with van der Waals surface area (Å²) in [7, 11) is -0.920. The van der Waals surface area contributed by atoms with Crippen LogP contribution in [0.5, 0.6) is 17.2 Å². The van der Waals surface area contributed by atoms with Crippen LogP contribution in [0.15, 0.2) is 53.9 Å². The summed E-state index contributed by atoms with van der Waals surface area (Å²) in [6.07, 6.45) is 2.28. The maximum absolute atomic E-state index is 10.5. The molecule has 0 radical (unpaired) electrons. The maximum Gasteiger partial charge on any atom is 0.294 e. The van der Waals surface area contributed by atoms with E-state index in [1.807, 2.05) is 6.92 Å². The van der Waals surface area contributed by atoms with E-state index in [-0.39, 0.29) is 10.6 Å². The average Bonchev–Trinajstić information content (AvgIpc) is 2.56. The molecule has 0 amide bonds. The maximum atomic E-state index is 10.5. The predicted octanol–water partition coefficient (Wildman–Crippen LogP) is 3.38. The van der Waals surface area contributed by atoms with Gasteiger partial charge in [-0.3, -0.25) is 4.55 Å². The molecule has 0 aliphatic carbocycles. The molecule has 0 spiro atoms. The van der Waals surface area contributed by atoms with E-state index in [2.05, 4.69) is 6.58 Å². The van der Waals surface area contributed by atoms with Crippen molar-refractivity contribution >= 4 is 10.1 Å². The van der Waals surface area contributed by atoms with Gasteiger partial charge in [0.05, 0.1) is 19.1 Å². The number of hydrogen-bond donors (Lipinski definition) is 2. The Bertz CT molecular complexity index is 810. The van der Waals surface area contributed by atoms with Crippen molar-refractivity contribution in [2.45, 2.75) is 18.2 Å². The molecule has 0 saturated heterocycles. The topological polar surface area (TPSA) is 93.1 Å². The summed E-state index contributed by atoms with van der Waals surface area (Å²) in [5.74, 6) is 1.36. The second-order valence-electron chi connectivity index (χ2n) is 5.11. The fourth-order valence-corrected chi connectivity index (χ4v) is 2.45. The van der Waals surface area contributed by atoms with E-state index >= 15 is 0 Å². The highest BCUT2D eigenvalue weighted by Gasteiger charge is 2.09. The Morgan fingerprint density at radius 1 is 1.12 bits per heavy atom. The Balaban J connectivity index is 0.000000257. The van der Waals surface area contributed by atoms with E-state index in [4.69, 9.17) is 14.0 Å². The molecule has 0 fully saturated rings. The van der Waals surface area contributed by atoms with Crippen LogP contribution in [-0.4, -0.2) is 32.3 Å². The van der Waals surface area contributed by atoms with Gasteiger partial charge >= 0.3 is 0 Å². The molecular formula is C18H22O6S. The molecule has 0 saturated carbocycles. The Hall–Kier alpha value is -2.51. The lowest BCUT2D eigenvalue weighted by Gasteiger charge is -2.10. The van der Waals surface area contributed by atoms with E-state index in [1.54, 1.807) is 44.6 Å². The van der Waals surface area contributed by atoms with Gasteiger partial charge in [0.15, 0.2) is 0 Å². The van der Waals surface area contributed by atoms with Gasteiger partial charge in [0.1, 0.15) is 17.2 Å². The van der Waals surface area contributed by atoms with Gasteiger partial charge in [0.25, 0.3) is 10.1 Å². The van der Waals surface area contributed by atoms with Crippen molar-refractivity contribution in [2.75, 3.05) is 14.2 Å². The zero-order chi connectivity index (χ0) is 19.0. The normalized spacial score (nSPS) is 10.4. The van der Waals surface area contributed by atoms with E-state index in [0.29, 0.717) is 17.9 Å². The summed E-state index contributed by atoms with van der Waals surface area (Å²) in [6.45, 7) is 5.46. The standard InChI is InChI=1S/C11H14O3.C7H8O3S/c1-4-5-9-10(12)6-8(13-2)7-11(9)14-3;1-6-2-4-7(5-3-6)11(8,9)10/h4,6-7,12H,1,5H2,2-3H3;2-5H,1H3,(H,8,9,10). The minimum absolute atomic E-state index is 0.0666. The Kier molecular flexibility index (Phi) is 7.47. The summed E-state index contributed by atoms with van der Waals surface area (Å²) < 4.78 is 39.7. The second kappa shape index (κ2) is 9.10. The van der Waals surface area contributed by atoms with Gasteiger partial charge in [0, 0.05) is 17.7 Å². The van der Waals surface area contributed by atoms with Gasteiger partial charge in [-0.05, 0) is 25.5 Å². The molecule has 0 unspecified atom stereocenters.